The van der Waals surface area contributed by atoms with Gasteiger partial charge in [0.15, 0.2) is 0 Å². The van der Waals surface area contributed by atoms with Gasteiger partial charge in [0.05, 0.1) is 12.0 Å². The summed E-state index contributed by atoms with van der Waals surface area (Å²) in [6, 6.07) is 14.8. The summed E-state index contributed by atoms with van der Waals surface area (Å²) in [5.74, 6) is -1.19. The minimum absolute atomic E-state index is 0. The van der Waals surface area contributed by atoms with Gasteiger partial charge in [-0.15, -0.1) is 0 Å². The Morgan fingerprint density at radius 3 is 2.33 bits per heavy atom. The molecular weight excluding hydrogens is 453 g/mol. The molecule has 0 spiro atoms. The van der Waals surface area contributed by atoms with Crippen LogP contribution in [0.15, 0.2) is 54.6 Å². The molecule has 2 atom stereocenters. The van der Waals surface area contributed by atoms with E-state index in [1.165, 1.54) is 4.90 Å². The number of benzene rings is 2. The monoisotopic (exact) mass is 485 g/mol. The van der Waals surface area contributed by atoms with Gasteiger partial charge in [-0.25, -0.2) is 0 Å². The van der Waals surface area contributed by atoms with Crippen molar-refractivity contribution in [2.45, 2.75) is 56.8 Å². The van der Waals surface area contributed by atoms with Crippen LogP contribution in [0, 0.1) is 0 Å². The van der Waals surface area contributed by atoms with E-state index in [0.29, 0.717) is 13.0 Å². The minimum atomic E-state index is -1.36. The molecule has 2 fully saturated rings. The smallest absolute Gasteiger partial charge is 0.548 e. The molecule has 0 unspecified atom stereocenters. The normalized spacial score (nSPS) is 19.4. The molecule has 8 nitrogen and oxygen atoms in total. The Hall–Kier alpha value is -2.79. The number of carboxylic acids is 1. The molecule has 9 heteroatoms. The van der Waals surface area contributed by atoms with Gasteiger partial charge in [-0.05, 0) is 56.0 Å². The second-order valence-corrected chi connectivity index (χ2v) is 9.41. The Balaban J connectivity index is 0.00000361. The van der Waals surface area contributed by atoms with Crippen LogP contribution in [0.3, 0.4) is 0 Å². The van der Waals surface area contributed by atoms with E-state index < -0.39 is 24.0 Å². The zero-order valence-corrected chi connectivity index (χ0v) is 21.0. The SMILES string of the molecule is CN1CCC(Oc2ccc(C[C@H](NC(=O)[C@@H]3CCC(=O)N3Cc3ccccc3)C(=O)[O-])cc2)CC1.[Li+]. The first kappa shape index (κ1) is 27.8. The zero-order chi connectivity index (χ0) is 24.8. The number of hydrogen-bond donors (Lipinski definition) is 1. The van der Waals surface area contributed by atoms with Crippen LogP contribution in [0.5, 0.6) is 5.75 Å². The molecule has 186 valence electrons. The predicted molar refractivity (Wildman–Crippen MR) is 128 cm³/mol. The van der Waals surface area contributed by atoms with Crippen molar-refractivity contribution in [1.29, 1.82) is 0 Å². The fraction of sp³-hybridized carbons (Fsp3) is 0.444. The predicted octanol–water partition coefficient (Wildman–Crippen LogP) is -1.87. The first-order chi connectivity index (χ1) is 16.9. The maximum atomic E-state index is 13.0. The molecule has 0 aromatic heterocycles. The molecule has 2 aliphatic heterocycles. The van der Waals surface area contributed by atoms with Crippen molar-refractivity contribution in [2.75, 3.05) is 20.1 Å². The maximum absolute atomic E-state index is 13.0. The Morgan fingerprint density at radius 2 is 1.69 bits per heavy atom. The van der Waals surface area contributed by atoms with Crippen molar-refractivity contribution in [3.05, 3.63) is 65.7 Å². The summed E-state index contributed by atoms with van der Waals surface area (Å²) in [5, 5.41) is 14.4. The number of carbonyl (C=O) groups is 3. The van der Waals surface area contributed by atoms with Crippen LogP contribution in [0.2, 0.25) is 0 Å². The van der Waals surface area contributed by atoms with Gasteiger partial charge in [0.2, 0.25) is 11.8 Å². The number of nitrogens with one attached hydrogen (secondary N) is 1. The summed E-state index contributed by atoms with van der Waals surface area (Å²) >= 11 is 0. The van der Waals surface area contributed by atoms with Crippen LogP contribution in [0.4, 0.5) is 0 Å². The number of amides is 2. The number of rotatable bonds is 9. The third-order valence-corrected chi connectivity index (χ3v) is 6.76. The van der Waals surface area contributed by atoms with Crippen LogP contribution in [-0.2, 0) is 27.3 Å². The average molecular weight is 486 g/mol. The van der Waals surface area contributed by atoms with E-state index in [-0.39, 0.29) is 43.7 Å². The molecule has 4 rings (SSSR count). The molecule has 2 aromatic rings. The number of carboxylic acid groups (broad SMARTS) is 1. The molecular formula is C27H32LiN3O5. The minimum Gasteiger partial charge on any atom is -0.548 e. The fourth-order valence-electron chi connectivity index (χ4n) is 4.68. The van der Waals surface area contributed by atoms with E-state index in [0.717, 1.165) is 42.8 Å². The standard InChI is InChI=1S/C27H33N3O5.Li/c1-29-15-13-22(14-16-29)35-21-9-7-19(8-10-21)17-23(27(33)34)28-26(32)24-11-12-25(31)30(24)18-20-5-3-2-4-6-20;/h2-10,22-24H,11-18H2,1H3,(H,28,32)(H,33,34);/q;+1/p-1/t23-,24-;/m0./s1. The van der Waals surface area contributed by atoms with Gasteiger partial charge in [-0.3, -0.25) is 9.59 Å². The molecule has 1 N–H and O–H groups in total. The number of likely N-dealkylation sites (tertiary alicyclic amines) is 2. The van der Waals surface area contributed by atoms with Gasteiger partial charge in [0.25, 0.3) is 0 Å². The van der Waals surface area contributed by atoms with Gasteiger partial charge in [-0.1, -0.05) is 42.5 Å². The molecule has 0 aliphatic carbocycles. The summed E-state index contributed by atoms with van der Waals surface area (Å²) in [6.45, 7) is 2.32. The van der Waals surface area contributed by atoms with E-state index in [1.807, 2.05) is 54.6 Å². The molecule has 2 saturated heterocycles. The average Bonchev–Trinajstić information content (AvgIpc) is 3.22. The van der Waals surface area contributed by atoms with Gasteiger partial charge in [-0.2, -0.15) is 0 Å². The van der Waals surface area contributed by atoms with Crippen molar-refractivity contribution < 1.29 is 43.1 Å². The number of nitrogens with zero attached hydrogens (tertiary/aromatic N) is 2. The molecule has 0 saturated carbocycles. The van der Waals surface area contributed by atoms with E-state index in [2.05, 4.69) is 17.3 Å². The topological polar surface area (TPSA) is 102 Å². The van der Waals surface area contributed by atoms with Crippen molar-refractivity contribution in [3.8, 4) is 5.75 Å². The van der Waals surface area contributed by atoms with Gasteiger partial charge < -0.3 is 29.8 Å². The zero-order valence-electron chi connectivity index (χ0n) is 21.0. The van der Waals surface area contributed by atoms with E-state index >= 15 is 0 Å². The quantitative estimate of drug-likeness (QED) is 0.418. The van der Waals surface area contributed by atoms with Crippen LogP contribution >= 0.6 is 0 Å². The van der Waals surface area contributed by atoms with Gasteiger partial charge >= 0.3 is 18.9 Å². The Labute approximate surface area is 224 Å². The maximum Gasteiger partial charge on any atom is 1.00 e. The van der Waals surface area contributed by atoms with Gasteiger partial charge in [0.1, 0.15) is 17.9 Å². The Kier molecular flexibility index (Phi) is 10.00. The summed E-state index contributed by atoms with van der Waals surface area (Å²) in [4.78, 5) is 41.0. The fourth-order valence-corrected chi connectivity index (χ4v) is 4.68. The summed E-state index contributed by atoms with van der Waals surface area (Å²) in [7, 11) is 2.10. The number of carbonyl (C=O) groups excluding carboxylic acids is 3. The van der Waals surface area contributed by atoms with E-state index in [4.69, 9.17) is 4.74 Å². The number of aliphatic carboxylic acids is 1. The summed E-state index contributed by atoms with van der Waals surface area (Å²) < 4.78 is 6.05. The third-order valence-electron chi connectivity index (χ3n) is 6.76. The molecule has 0 radical (unpaired) electrons. The summed E-state index contributed by atoms with van der Waals surface area (Å²) in [6.07, 6.45) is 2.84. The molecule has 0 bridgehead atoms. The first-order valence-electron chi connectivity index (χ1n) is 12.2. The van der Waals surface area contributed by atoms with Crippen LogP contribution < -0.4 is 34.0 Å². The first-order valence-corrected chi connectivity index (χ1v) is 12.2. The molecule has 2 heterocycles. The van der Waals surface area contributed by atoms with E-state index in [1.54, 1.807) is 0 Å². The van der Waals surface area contributed by atoms with E-state index in [9.17, 15) is 19.5 Å². The molecule has 2 aliphatic rings. The second-order valence-electron chi connectivity index (χ2n) is 9.41. The summed E-state index contributed by atoms with van der Waals surface area (Å²) in [5.41, 5.74) is 1.67. The van der Waals surface area contributed by atoms with Crippen LogP contribution in [0.25, 0.3) is 0 Å². The Morgan fingerprint density at radius 1 is 1.03 bits per heavy atom. The Bertz CT molecular complexity index is 1030. The van der Waals surface area contributed by atoms with Gasteiger partial charge in [0, 0.05) is 26.1 Å². The molecule has 36 heavy (non-hydrogen) atoms. The van der Waals surface area contributed by atoms with Crippen molar-refractivity contribution in [1.82, 2.24) is 15.1 Å². The second kappa shape index (κ2) is 13.0. The van der Waals surface area contributed by atoms with Crippen molar-refractivity contribution in [3.63, 3.8) is 0 Å². The third kappa shape index (κ3) is 7.36. The van der Waals surface area contributed by atoms with Crippen LogP contribution in [-0.4, -0.2) is 65.9 Å². The van der Waals surface area contributed by atoms with Crippen LogP contribution in [0.1, 0.15) is 36.8 Å². The number of hydrogen-bond acceptors (Lipinski definition) is 6. The largest absolute Gasteiger partial charge is 1.00 e. The molecule has 2 aromatic carbocycles. The van der Waals surface area contributed by atoms with Crippen molar-refractivity contribution in [2.24, 2.45) is 0 Å². The number of piperidine rings is 1. The number of ether oxygens (including phenoxy) is 1. The van der Waals surface area contributed by atoms with Crippen molar-refractivity contribution >= 4 is 17.8 Å². The molecule has 2 amide bonds.